The van der Waals surface area contributed by atoms with Crippen molar-refractivity contribution >= 4 is 11.6 Å². The number of aryl methyl sites for hydroxylation is 1. The van der Waals surface area contributed by atoms with Crippen molar-refractivity contribution in [1.29, 1.82) is 0 Å². The maximum absolute atomic E-state index is 15.1. The van der Waals surface area contributed by atoms with Gasteiger partial charge in [0.15, 0.2) is 0 Å². The van der Waals surface area contributed by atoms with Crippen molar-refractivity contribution in [2.45, 2.75) is 39.9 Å². The summed E-state index contributed by atoms with van der Waals surface area (Å²) < 4.78 is 15.1. The van der Waals surface area contributed by atoms with E-state index >= 15 is 4.39 Å². The maximum atomic E-state index is 15.1. The summed E-state index contributed by atoms with van der Waals surface area (Å²) in [6.07, 6.45) is 0.0874. The van der Waals surface area contributed by atoms with Gasteiger partial charge < -0.3 is 10.6 Å². The van der Waals surface area contributed by atoms with Crippen LogP contribution in [0, 0.1) is 12.8 Å². The van der Waals surface area contributed by atoms with Gasteiger partial charge in [-0.1, -0.05) is 26.0 Å². The Hall–Kier alpha value is -1.58. The number of alkyl halides is 1. The molecule has 0 aliphatic carbocycles. The van der Waals surface area contributed by atoms with E-state index in [0.29, 0.717) is 12.2 Å². The number of primary amides is 1. The highest BCUT2D eigenvalue weighted by molar-refractivity contribution is 5.86. The molecule has 0 aromatic heterocycles. The molecule has 0 saturated carbocycles. The zero-order valence-corrected chi connectivity index (χ0v) is 12.1. The van der Waals surface area contributed by atoms with Crippen LogP contribution in [0.5, 0.6) is 0 Å². The van der Waals surface area contributed by atoms with Crippen LogP contribution in [0.3, 0.4) is 0 Å². The van der Waals surface area contributed by atoms with E-state index in [1.165, 1.54) is 4.90 Å². The molecule has 1 amide bonds. The number of anilines is 1. The van der Waals surface area contributed by atoms with Gasteiger partial charge in [-0.15, -0.1) is 0 Å². The summed E-state index contributed by atoms with van der Waals surface area (Å²) in [6, 6.07) is 7.45. The molecule has 1 aromatic rings. The van der Waals surface area contributed by atoms with Crippen LogP contribution in [-0.4, -0.2) is 18.2 Å². The number of halogens is 1. The van der Waals surface area contributed by atoms with E-state index < -0.39 is 11.7 Å². The summed E-state index contributed by atoms with van der Waals surface area (Å²) in [5.41, 5.74) is 7.02. The number of carbonyl (C=O) groups is 1. The van der Waals surface area contributed by atoms with Gasteiger partial charge in [-0.25, -0.2) is 4.39 Å². The summed E-state index contributed by atoms with van der Waals surface area (Å²) >= 11 is 0. The maximum Gasteiger partial charge on any atom is 0.276 e. The van der Waals surface area contributed by atoms with Gasteiger partial charge in [-0.2, -0.15) is 0 Å². The predicted molar refractivity (Wildman–Crippen MR) is 76.7 cm³/mol. The second-order valence-corrected chi connectivity index (χ2v) is 5.30. The standard InChI is InChI=1S/C15H23FN2O/c1-5-18(13-8-6-7-12(4)9-13)15(16,14(17)19)10-11(2)3/h6-9,11H,5,10H2,1-4H3,(H2,17,19)/t15-/m0/s1. The van der Waals surface area contributed by atoms with Crippen molar-refractivity contribution in [2.24, 2.45) is 11.7 Å². The summed E-state index contributed by atoms with van der Waals surface area (Å²) in [4.78, 5) is 13.1. The Kier molecular flexibility index (Phi) is 4.92. The number of hydrogen-bond acceptors (Lipinski definition) is 2. The molecular weight excluding hydrogens is 243 g/mol. The summed E-state index contributed by atoms with van der Waals surface area (Å²) in [7, 11) is 0. The van der Waals surface area contributed by atoms with Crippen LogP contribution >= 0.6 is 0 Å². The molecule has 0 spiro atoms. The van der Waals surface area contributed by atoms with Crippen LogP contribution in [0.2, 0.25) is 0 Å². The molecule has 2 N–H and O–H groups in total. The highest BCUT2D eigenvalue weighted by Crippen LogP contribution is 2.31. The minimum Gasteiger partial charge on any atom is -0.365 e. The number of amides is 1. The van der Waals surface area contributed by atoms with Crippen molar-refractivity contribution in [3.8, 4) is 0 Å². The van der Waals surface area contributed by atoms with Gasteiger partial charge in [-0.05, 0) is 37.5 Å². The Labute approximate surface area is 114 Å². The smallest absolute Gasteiger partial charge is 0.276 e. The van der Waals surface area contributed by atoms with Crippen LogP contribution in [0.1, 0.15) is 32.8 Å². The zero-order chi connectivity index (χ0) is 14.6. The molecule has 0 saturated heterocycles. The van der Waals surface area contributed by atoms with E-state index in [4.69, 9.17) is 5.73 Å². The van der Waals surface area contributed by atoms with E-state index in [9.17, 15) is 4.79 Å². The van der Waals surface area contributed by atoms with E-state index in [-0.39, 0.29) is 12.3 Å². The zero-order valence-electron chi connectivity index (χ0n) is 12.1. The lowest BCUT2D eigenvalue weighted by molar-refractivity contribution is -0.130. The number of nitrogens with zero attached hydrogens (tertiary/aromatic N) is 1. The van der Waals surface area contributed by atoms with Crippen molar-refractivity contribution in [2.75, 3.05) is 11.4 Å². The Morgan fingerprint density at radius 1 is 1.47 bits per heavy atom. The second-order valence-electron chi connectivity index (χ2n) is 5.30. The number of likely N-dealkylation sites (N-methyl/N-ethyl adjacent to an activating group) is 1. The molecule has 0 unspecified atom stereocenters. The molecule has 0 radical (unpaired) electrons. The van der Waals surface area contributed by atoms with Gasteiger partial charge in [0.2, 0.25) is 0 Å². The molecule has 3 nitrogen and oxygen atoms in total. The monoisotopic (exact) mass is 266 g/mol. The van der Waals surface area contributed by atoms with Gasteiger partial charge >= 0.3 is 0 Å². The van der Waals surface area contributed by atoms with E-state index in [1.807, 2.05) is 45.9 Å². The molecule has 19 heavy (non-hydrogen) atoms. The molecule has 106 valence electrons. The average molecular weight is 266 g/mol. The molecule has 1 atom stereocenters. The molecule has 0 bridgehead atoms. The van der Waals surface area contributed by atoms with Gasteiger partial charge in [-0.3, -0.25) is 4.79 Å². The first-order valence-corrected chi connectivity index (χ1v) is 6.64. The van der Waals surface area contributed by atoms with Crippen LogP contribution in [0.25, 0.3) is 0 Å². The largest absolute Gasteiger partial charge is 0.365 e. The third-order valence-corrected chi connectivity index (χ3v) is 3.11. The fourth-order valence-corrected chi connectivity index (χ4v) is 2.32. The quantitative estimate of drug-likeness (QED) is 0.804. The van der Waals surface area contributed by atoms with Gasteiger partial charge in [0.1, 0.15) is 0 Å². The first kappa shape index (κ1) is 15.5. The minimum atomic E-state index is -2.14. The van der Waals surface area contributed by atoms with Crippen molar-refractivity contribution in [1.82, 2.24) is 0 Å². The summed E-state index contributed by atoms with van der Waals surface area (Å²) in [6.45, 7) is 7.89. The van der Waals surface area contributed by atoms with Gasteiger partial charge in [0.25, 0.3) is 11.7 Å². The molecule has 0 fully saturated rings. The van der Waals surface area contributed by atoms with Crippen molar-refractivity contribution in [3.63, 3.8) is 0 Å². The van der Waals surface area contributed by atoms with Crippen LogP contribution in [0.4, 0.5) is 10.1 Å². The Bertz CT molecular complexity index is 448. The SMILES string of the molecule is CCN(c1cccc(C)c1)[C@@](F)(CC(C)C)C(N)=O. The second kappa shape index (κ2) is 6.04. The summed E-state index contributed by atoms with van der Waals surface area (Å²) in [5.74, 6) is -3.03. The van der Waals surface area contributed by atoms with E-state index in [2.05, 4.69) is 0 Å². The molecule has 0 aliphatic rings. The fraction of sp³-hybridized carbons (Fsp3) is 0.533. The third-order valence-electron chi connectivity index (χ3n) is 3.11. The first-order chi connectivity index (χ1) is 8.81. The lowest BCUT2D eigenvalue weighted by Gasteiger charge is -2.37. The molecular formula is C15H23FN2O. The third kappa shape index (κ3) is 3.46. The number of hydrogen-bond donors (Lipinski definition) is 1. The van der Waals surface area contributed by atoms with Crippen LogP contribution in [-0.2, 0) is 4.79 Å². The lowest BCUT2D eigenvalue weighted by atomic mass is 9.98. The topological polar surface area (TPSA) is 46.3 Å². The van der Waals surface area contributed by atoms with Crippen molar-refractivity contribution in [3.05, 3.63) is 29.8 Å². The average Bonchev–Trinajstić information content (AvgIpc) is 2.28. The first-order valence-electron chi connectivity index (χ1n) is 6.64. The number of rotatable bonds is 6. The van der Waals surface area contributed by atoms with Crippen molar-refractivity contribution < 1.29 is 9.18 Å². The molecule has 4 heteroatoms. The van der Waals surface area contributed by atoms with Crippen LogP contribution < -0.4 is 10.6 Å². The highest BCUT2D eigenvalue weighted by atomic mass is 19.1. The van der Waals surface area contributed by atoms with E-state index in [0.717, 1.165) is 5.56 Å². The normalized spacial score (nSPS) is 14.2. The number of benzene rings is 1. The molecule has 1 rings (SSSR count). The number of nitrogens with two attached hydrogens (primary N) is 1. The Morgan fingerprint density at radius 2 is 2.11 bits per heavy atom. The van der Waals surface area contributed by atoms with Gasteiger partial charge in [0, 0.05) is 18.7 Å². The lowest BCUT2D eigenvalue weighted by Crippen LogP contribution is -2.55. The fourth-order valence-electron chi connectivity index (χ4n) is 2.32. The summed E-state index contributed by atoms with van der Waals surface area (Å²) in [5, 5.41) is 0. The molecule has 0 aliphatic heterocycles. The number of carbonyl (C=O) groups excluding carboxylic acids is 1. The molecule has 0 heterocycles. The Balaban J connectivity index is 3.20. The minimum absolute atomic E-state index is 0.0383. The van der Waals surface area contributed by atoms with Gasteiger partial charge in [0.05, 0.1) is 0 Å². The van der Waals surface area contributed by atoms with E-state index in [1.54, 1.807) is 6.07 Å². The van der Waals surface area contributed by atoms with Crippen LogP contribution in [0.15, 0.2) is 24.3 Å². The highest BCUT2D eigenvalue weighted by Gasteiger charge is 2.43. The molecule has 1 aromatic carbocycles. The predicted octanol–water partition coefficient (Wildman–Crippen LogP) is 3.02. The Morgan fingerprint density at radius 3 is 2.53 bits per heavy atom.